The molecular formula is C49H35N. The zero-order valence-corrected chi connectivity index (χ0v) is 28.2. The summed E-state index contributed by atoms with van der Waals surface area (Å²) >= 11 is 0. The molecule has 9 aromatic rings. The van der Waals surface area contributed by atoms with Crippen LogP contribution in [0.25, 0.3) is 65.3 Å². The Kier molecular flexibility index (Phi) is 6.29. The van der Waals surface area contributed by atoms with Crippen molar-refractivity contribution in [3.05, 3.63) is 187 Å². The highest BCUT2D eigenvalue weighted by Crippen LogP contribution is 2.52. The summed E-state index contributed by atoms with van der Waals surface area (Å²) in [6.45, 7) is 4.72. The first kappa shape index (κ1) is 28.8. The molecule has 1 heteroatoms. The summed E-state index contributed by atoms with van der Waals surface area (Å²) < 4.78 is 0. The SMILES string of the molecule is CC1(C)c2ccccc2-c2ccc(N(c3ccccc3)c3cc4c5ccccc5c5cc(-c6ccccc6)ccc5c4c4ccccc34)cc21. The largest absolute Gasteiger partial charge is 0.310 e. The van der Waals surface area contributed by atoms with E-state index in [-0.39, 0.29) is 5.41 Å². The van der Waals surface area contributed by atoms with Crippen molar-refractivity contribution in [2.75, 3.05) is 4.90 Å². The van der Waals surface area contributed by atoms with Gasteiger partial charge in [0.15, 0.2) is 0 Å². The summed E-state index contributed by atoms with van der Waals surface area (Å²) in [6.07, 6.45) is 0. The summed E-state index contributed by atoms with van der Waals surface area (Å²) in [5.74, 6) is 0. The average Bonchev–Trinajstić information content (AvgIpc) is 3.41. The molecule has 0 amide bonds. The van der Waals surface area contributed by atoms with E-state index in [1.807, 2.05) is 0 Å². The molecule has 0 saturated carbocycles. The van der Waals surface area contributed by atoms with E-state index in [0.717, 1.165) is 11.4 Å². The maximum Gasteiger partial charge on any atom is 0.0546 e. The molecule has 236 valence electrons. The van der Waals surface area contributed by atoms with E-state index >= 15 is 0 Å². The van der Waals surface area contributed by atoms with E-state index in [1.54, 1.807) is 0 Å². The van der Waals surface area contributed by atoms with Crippen LogP contribution in [0.15, 0.2) is 176 Å². The molecule has 0 fully saturated rings. The lowest BCUT2D eigenvalue weighted by Crippen LogP contribution is -2.16. The van der Waals surface area contributed by atoms with Crippen LogP contribution >= 0.6 is 0 Å². The van der Waals surface area contributed by atoms with Crippen molar-refractivity contribution in [2.24, 2.45) is 0 Å². The number of anilines is 3. The third-order valence-electron chi connectivity index (χ3n) is 11.0. The lowest BCUT2D eigenvalue weighted by atomic mass is 9.82. The van der Waals surface area contributed by atoms with Crippen LogP contribution in [0.4, 0.5) is 17.1 Å². The Labute approximate surface area is 292 Å². The van der Waals surface area contributed by atoms with Crippen LogP contribution in [0, 0.1) is 0 Å². The molecule has 9 aromatic carbocycles. The van der Waals surface area contributed by atoms with Gasteiger partial charge in [-0.1, -0.05) is 153 Å². The second-order valence-corrected chi connectivity index (χ2v) is 14.1. The molecule has 10 rings (SSSR count). The van der Waals surface area contributed by atoms with Gasteiger partial charge in [-0.15, -0.1) is 0 Å². The fourth-order valence-electron chi connectivity index (χ4n) is 8.63. The smallest absolute Gasteiger partial charge is 0.0546 e. The molecule has 0 radical (unpaired) electrons. The highest BCUT2D eigenvalue weighted by Gasteiger charge is 2.36. The maximum atomic E-state index is 2.47. The number of benzene rings is 9. The van der Waals surface area contributed by atoms with Gasteiger partial charge in [-0.05, 0) is 107 Å². The Balaban J connectivity index is 1.28. The standard InChI is InChI=1S/C49H35N/c1-49(2)45-24-14-13-21-38(45)39-28-26-35(30-46(39)49)50(34-17-7-4-8-18-34)47-31-44-37-20-10-9-19-36(37)43-29-33(32-15-5-3-6-16-32)25-27-42(43)48(44)41-23-12-11-22-40(41)47/h3-31H,1-2H3. The molecule has 0 bridgehead atoms. The van der Waals surface area contributed by atoms with Crippen LogP contribution in [0.3, 0.4) is 0 Å². The quantitative estimate of drug-likeness (QED) is 0.174. The molecular weight excluding hydrogens is 603 g/mol. The van der Waals surface area contributed by atoms with E-state index in [1.165, 1.54) is 82.2 Å². The number of rotatable bonds is 4. The Bertz CT molecular complexity index is 2780. The van der Waals surface area contributed by atoms with Crippen LogP contribution < -0.4 is 4.90 Å². The first-order valence-corrected chi connectivity index (χ1v) is 17.5. The number of hydrogen-bond acceptors (Lipinski definition) is 1. The second-order valence-electron chi connectivity index (χ2n) is 14.1. The second kappa shape index (κ2) is 10.9. The number of hydrogen-bond donors (Lipinski definition) is 0. The van der Waals surface area contributed by atoms with Gasteiger partial charge in [0.1, 0.15) is 0 Å². The van der Waals surface area contributed by atoms with Gasteiger partial charge in [0.2, 0.25) is 0 Å². The highest BCUT2D eigenvalue weighted by atomic mass is 15.1. The molecule has 0 saturated heterocycles. The Morgan fingerprint density at radius 2 is 0.960 bits per heavy atom. The van der Waals surface area contributed by atoms with Gasteiger partial charge in [-0.2, -0.15) is 0 Å². The Hall–Kier alpha value is -6.18. The summed E-state index contributed by atoms with van der Waals surface area (Å²) in [7, 11) is 0. The van der Waals surface area contributed by atoms with Crippen LogP contribution in [-0.4, -0.2) is 0 Å². The third kappa shape index (κ3) is 4.20. The van der Waals surface area contributed by atoms with E-state index in [2.05, 4.69) is 195 Å². The van der Waals surface area contributed by atoms with Crippen LogP contribution in [0.1, 0.15) is 25.0 Å². The molecule has 1 aliphatic rings. The van der Waals surface area contributed by atoms with Crippen molar-refractivity contribution in [1.82, 2.24) is 0 Å². The van der Waals surface area contributed by atoms with Gasteiger partial charge in [0.05, 0.1) is 5.69 Å². The van der Waals surface area contributed by atoms with Gasteiger partial charge in [-0.25, -0.2) is 0 Å². The molecule has 50 heavy (non-hydrogen) atoms. The topological polar surface area (TPSA) is 3.24 Å². The van der Waals surface area contributed by atoms with Crippen molar-refractivity contribution in [3.63, 3.8) is 0 Å². The average molecular weight is 638 g/mol. The van der Waals surface area contributed by atoms with E-state index < -0.39 is 0 Å². The zero-order chi connectivity index (χ0) is 33.4. The number of para-hydroxylation sites is 1. The molecule has 0 heterocycles. The minimum atomic E-state index is -0.0938. The van der Waals surface area contributed by atoms with Crippen molar-refractivity contribution < 1.29 is 0 Å². The number of nitrogens with zero attached hydrogens (tertiary/aromatic N) is 1. The molecule has 1 nitrogen and oxygen atoms in total. The summed E-state index contributed by atoms with van der Waals surface area (Å²) in [4.78, 5) is 2.47. The maximum absolute atomic E-state index is 2.47. The lowest BCUT2D eigenvalue weighted by molar-refractivity contribution is 0.660. The molecule has 0 aliphatic heterocycles. The third-order valence-corrected chi connectivity index (χ3v) is 11.0. The van der Waals surface area contributed by atoms with Crippen molar-refractivity contribution in [3.8, 4) is 22.3 Å². The summed E-state index contributed by atoms with van der Waals surface area (Å²) in [6, 6.07) is 64.9. The zero-order valence-electron chi connectivity index (χ0n) is 28.2. The lowest BCUT2D eigenvalue weighted by Gasteiger charge is -2.30. The first-order chi connectivity index (χ1) is 24.6. The predicted molar refractivity (Wildman–Crippen MR) is 214 cm³/mol. The first-order valence-electron chi connectivity index (χ1n) is 17.5. The van der Waals surface area contributed by atoms with Crippen molar-refractivity contribution in [2.45, 2.75) is 19.3 Å². The molecule has 0 N–H and O–H groups in total. The molecule has 0 atom stereocenters. The fraction of sp³-hybridized carbons (Fsp3) is 0.0612. The van der Waals surface area contributed by atoms with Gasteiger partial charge < -0.3 is 4.90 Å². The van der Waals surface area contributed by atoms with Crippen LogP contribution in [0.5, 0.6) is 0 Å². The monoisotopic (exact) mass is 637 g/mol. The predicted octanol–water partition coefficient (Wildman–Crippen LogP) is 13.7. The fourth-order valence-corrected chi connectivity index (χ4v) is 8.63. The Morgan fingerprint density at radius 1 is 0.360 bits per heavy atom. The minimum absolute atomic E-state index is 0.0938. The molecule has 1 aliphatic carbocycles. The van der Waals surface area contributed by atoms with Gasteiger partial charge >= 0.3 is 0 Å². The minimum Gasteiger partial charge on any atom is -0.310 e. The van der Waals surface area contributed by atoms with Crippen molar-refractivity contribution in [1.29, 1.82) is 0 Å². The van der Waals surface area contributed by atoms with Gasteiger partial charge in [-0.3, -0.25) is 0 Å². The van der Waals surface area contributed by atoms with Crippen LogP contribution in [0.2, 0.25) is 0 Å². The molecule has 0 unspecified atom stereocenters. The number of fused-ring (bicyclic) bond motifs is 11. The van der Waals surface area contributed by atoms with E-state index in [0.29, 0.717) is 0 Å². The summed E-state index contributed by atoms with van der Waals surface area (Å²) in [5.41, 5.74) is 11.3. The van der Waals surface area contributed by atoms with E-state index in [9.17, 15) is 0 Å². The normalized spacial score (nSPS) is 13.2. The van der Waals surface area contributed by atoms with Crippen molar-refractivity contribution >= 4 is 60.2 Å². The van der Waals surface area contributed by atoms with E-state index in [4.69, 9.17) is 0 Å². The van der Waals surface area contributed by atoms with Gasteiger partial charge in [0, 0.05) is 22.2 Å². The molecule has 0 spiro atoms. The summed E-state index contributed by atoms with van der Waals surface area (Å²) in [5, 5.41) is 10.2. The van der Waals surface area contributed by atoms with Gasteiger partial charge in [0.25, 0.3) is 0 Å². The molecule has 0 aromatic heterocycles. The highest BCUT2D eigenvalue weighted by molar-refractivity contribution is 6.33. The Morgan fingerprint density at radius 3 is 1.74 bits per heavy atom. The van der Waals surface area contributed by atoms with Crippen LogP contribution in [-0.2, 0) is 5.41 Å².